The largest absolute Gasteiger partial charge is 0.477 e. The van der Waals surface area contributed by atoms with Gasteiger partial charge in [0.15, 0.2) is 0 Å². The number of aromatic nitrogens is 1. The summed E-state index contributed by atoms with van der Waals surface area (Å²) in [7, 11) is 0. The SMILES string of the molecule is Cc1cc(Oc2ccc(-c3nc(C)c(C(=O)O)s3)cc2)ccc1C(C)C. The molecule has 0 aliphatic rings. The lowest BCUT2D eigenvalue weighted by atomic mass is 9.98. The van der Waals surface area contributed by atoms with Gasteiger partial charge in [-0.3, -0.25) is 0 Å². The number of hydrogen-bond donors (Lipinski definition) is 1. The lowest BCUT2D eigenvalue weighted by Crippen LogP contribution is -1.94. The fourth-order valence-corrected chi connectivity index (χ4v) is 3.79. The van der Waals surface area contributed by atoms with Gasteiger partial charge in [-0.05, 0) is 67.3 Å². The van der Waals surface area contributed by atoms with E-state index in [1.165, 1.54) is 22.5 Å². The van der Waals surface area contributed by atoms with E-state index in [1.54, 1.807) is 6.92 Å². The van der Waals surface area contributed by atoms with Crippen LogP contribution in [0.15, 0.2) is 42.5 Å². The second-order valence-corrected chi connectivity index (χ2v) is 7.54. The predicted molar refractivity (Wildman–Crippen MR) is 105 cm³/mol. The van der Waals surface area contributed by atoms with Gasteiger partial charge in [0.05, 0.1) is 5.69 Å². The maximum Gasteiger partial charge on any atom is 0.347 e. The molecule has 0 aliphatic heterocycles. The first-order valence-corrected chi connectivity index (χ1v) is 9.26. The standard InChI is InChI=1S/C21H21NO3S/c1-12(2)18-10-9-17(11-13(18)3)25-16-7-5-15(6-8-16)20-22-14(4)19(26-20)21(23)24/h5-12H,1-4H3,(H,23,24). The molecule has 3 rings (SSSR count). The van der Waals surface area contributed by atoms with E-state index in [0.717, 1.165) is 17.1 Å². The summed E-state index contributed by atoms with van der Waals surface area (Å²) >= 11 is 1.19. The molecule has 26 heavy (non-hydrogen) atoms. The Morgan fingerprint density at radius 2 is 1.73 bits per heavy atom. The quantitative estimate of drug-likeness (QED) is 0.597. The molecule has 134 valence electrons. The number of rotatable bonds is 5. The molecule has 5 heteroatoms. The highest BCUT2D eigenvalue weighted by atomic mass is 32.1. The predicted octanol–water partition coefficient (Wildman–Crippen LogP) is 6.04. The molecule has 0 spiro atoms. The third kappa shape index (κ3) is 3.78. The molecular formula is C21H21NO3S. The summed E-state index contributed by atoms with van der Waals surface area (Å²) in [5.74, 6) is 1.09. The van der Waals surface area contributed by atoms with Gasteiger partial charge in [0.2, 0.25) is 0 Å². The molecule has 2 aromatic carbocycles. The van der Waals surface area contributed by atoms with E-state index in [9.17, 15) is 4.79 Å². The van der Waals surface area contributed by atoms with Gasteiger partial charge in [0.1, 0.15) is 21.4 Å². The van der Waals surface area contributed by atoms with Crippen LogP contribution in [0, 0.1) is 13.8 Å². The van der Waals surface area contributed by atoms with Crippen molar-refractivity contribution in [3.63, 3.8) is 0 Å². The van der Waals surface area contributed by atoms with Gasteiger partial charge < -0.3 is 9.84 Å². The minimum atomic E-state index is -0.939. The average molecular weight is 367 g/mol. The summed E-state index contributed by atoms with van der Waals surface area (Å²) in [6.07, 6.45) is 0. The van der Waals surface area contributed by atoms with Crippen molar-refractivity contribution < 1.29 is 14.6 Å². The number of carboxylic acids is 1. The van der Waals surface area contributed by atoms with Crippen LogP contribution in [-0.2, 0) is 0 Å². The van der Waals surface area contributed by atoms with Crippen molar-refractivity contribution in [1.29, 1.82) is 0 Å². The molecule has 1 N–H and O–H groups in total. The van der Waals surface area contributed by atoms with Crippen LogP contribution in [0.25, 0.3) is 10.6 Å². The Kier molecular flexibility index (Phi) is 5.09. The maximum atomic E-state index is 11.2. The van der Waals surface area contributed by atoms with Crippen molar-refractivity contribution in [2.75, 3.05) is 0 Å². The minimum absolute atomic E-state index is 0.279. The van der Waals surface area contributed by atoms with Gasteiger partial charge in [-0.25, -0.2) is 9.78 Å². The first-order valence-electron chi connectivity index (χ1n) is 8.44. The fraction of sp³-hybridized carbons (Fsp3) is 0.238. The number of benzene rings is 2. The molecule has 1 heterocycles. The second kappa shape index (κ2) is 7.30. The van der Waals surface area contributed by atoms with Crippen LogP contribution in [0.4, 0.5) is 0 Å². The number of ether oxygens (including phenoxy) is 1. The van der Waals surface area contributed by atoms with Crippen molar-refractivity contribution in [1.82, 2.24) is 4.98 Å². The van der Waals surface area contributed by atoms with E-state index in [4.69, 9.17) is 9.84 Å². The summed E-state index contributed by atoms with van der Waals surface area (Å²) in [5.41, 5.74) is 3.96. The monoisotopic (exact) mass is 367 g/mol. The van der Waals surface area contributed by atoms with Crippen LogP contribution in [-0.4, -0.2) is 16.1 Å². The topological polar surface area (TPSA) is 59.4 Å². The normalized spacial score (nSPS) is 11.0. The van der Waals surface area contributed by atoms with Crippen molar-refractivity contribution in [2.45, 2.75) is 33.6 Å². The molecule has 0 fully saturated rings. The van der Waals surface area contributed by atoms with Gasteiger partial charge in [-0.2, -0.15) is 0 Å². The first-order chi connectivity index (χ1) is 12.3. The maximum absolute atomic E-state index is 11.2. The number of thiazole rings is 1. The van der Waals surface area contributed by atoms with E-state index in [-0.39, 0.29) is 4.88 Å². The van der Waals surface area contributed by atoms with Crippen LogP contribution >= 0.6 is 11.3 Å². The second-order valence-electron chi connectivity index (χ2n) is 6.54. The van der Waals surface area contributed by atoms with Gasteiger partial charge in [-0.1, -0.05) is 19.9 Å². The minimum Gasteiger partial charge on any atom is -0.477 e. The lowest BCUT2D eigenvalue weighted by Gasteiger charge is -2.12. The van der Waals surface area contributed by atoms with E-state index in [1.807, 2.05) is 36.4 Å². The number of carbonyl (C=O) groups is 1. The fourth-order valence-electron chi connectivity index (χ4n) is 2.88. The van der Waals surface area contributed by atoms with Gasteiger partial charge in [-0.15, -0.1) is 11.3 Å². The molecule has 0 radical (unpaired) electrons. The number of carboxylic acid groups (broad SMARTS) is 1. The molecule has 0 atom stereocenters. The molecule has 0 amide bonds. The smallest absolute Gasteiger partial charge is 0.347 e. The Hall–Kier alpha value is -2.66. The number of aromatic carboxylic acids is 1. The van der Waals surface area contributed by atoms with Gasteiger partial charge >= 0.3 is 5.97 Å². The van der Waals surface area contributed by atoms with Crippen molar-refractivity contribution in [3.05, 3.63) is 64.2 Å². The van der Waals surface area contributed by atoms with Crippen molar-refractivity contribution >= 4 is 17.3 Å². The first kappa shape index (κ1) is 18.1. The summed E-state index contributed by atoms with van der Waals surface area (Å²) in [5, 5.41) is 9.86. The van der Waals surface area contributed by atoms with E-state index in [0.29, 0.717) is 16.6 Å². The van der Waals surface area contributed by atoms with E-state index < -0.39 is 5.97 Å². The summed E-state index contributed by atoms with van der Waals surface area (Å²) in [4.78, 5) is 15.8. The highest BCUT2D eigenvalue weighted by molar-refractivity contribution is 7.17. The van der Waals surface area contributed by atoms with Gasteiger partial charge in [0, 0.05) is 5.56 Å². The number of hydrogen-bond acceptors (Lipinski definition) is 4. The molecule has 0 saturated carbocycles. The van der Waals surface area contributed by atoms with Crippen LogP contribution in [0.2, 0.25) is 0 Å². The molecule has 0 bridgehead atoms. The molecule has 4 nitrogen and oxygen atoms in total. The summed E-state index contributed by atoms with van der Waals surface area (Å²) < 4.78 is 5.94. The lowest BCUT2D eigenvalue weighted by molar-refractivity contribution is 0.0701. The summed E-state index contributed by atoms with van der Waals surface area (Å²) in [6, 6.07) is 13.7. The van der Waals surface area contributed by atoms with Crippen molar-refractivity contribution in [3.8, 4) is 22.1 Å². The van der Waals surface area contributed by atoms with Gasteiger partial charge in [0.25, 0.3) is 0 Å². The van der Waals surface area contributed by atoms with Crippen LogP contribution in [0.5, 0.6) is 11.5 Å². The Balaban J connectivity index is 1.79. The van der Waals surface area contributed by atoms with E-state index >= 15 is 0 Å². The zero-order valence-corrected chi connectivity index (χ0v) is 16.1. The molecule has 3 aromatic rings. The molecule has 0 aliphatic carbocycles. The summed E-state index contributed by atoms with van der Waals surface area (Å²) in [6.45, 7) is 8.16. The Morgan fingerprint density at radius 1 is 1.08 bits per heavy atom. The molecule has 0 saturated heterocycles. The van der Waals surface area contributed by atoms with Crippen LogP contribution < -0.4 is 4.74 Å². The zero-order chi connectivity index (χ0) is 18.8. The number of aryl methyl sites for hydroxylation is 2. The van der Waals surface area contributed by atoms with Crippen LogP contribution in [0.1, 0.15) is 46.3 Å². The molecule has 0 unspecified atom stereocenters. The highest BCUT2D eigenvalue weighted by Crippen LogP contribution is 2.31. The third-order valence-corrected chi connectivity index (χ3v) is 5.39. The molecule has 1 aromatic heterocycles. The van der Waals surface area contributed by atoms with E-state index in [2.05, 4.69) is 31.8 Å². The highest BCUT2D eigenvalue weighted by Gasteiger charge is 2.15. The van der Waals surface area contributed by atoms with Crippen LogP contribution in [0.3, 0.4) is 0 Å². The Labute approximate surface area is 157 Å². The number of nitrogens with zero attached hydrogens (tertiary/aromatic N) is 1. The Bertz CT molecular complexity index is 942. The average Bonchev–Trinajstić information content (AvgIpc) is 2.97. The van der Waals surface area contributed by atoms with Crippen molar-refractivity contribution in [2.24, 2.45) is 0 Å². The molecular weight excluding hydrogens is 346 g/mol. The zero-order valence-electron chi connectivity index (χ0n) is 15.2. The third-order valence-electron chi connectivity index (χ3n) is 4.19. The Morgan fingerprint density at radius 3 is 2.27 bits per heavy atom.